The van der Waals surface area contributed by atoms with Gasteiger partial charge >= 0.3 is 0 Å². The summed E-state index contributed by atoms with van der Waals surface area (Å²) in [5.41, 5.74) is 6.16. The molecule has 0 atom stereocenters. The summed E-state index contributed by atoms with van der Waals surface area (Å²) in [5.74, 6) is 0.162. The van der Waals surface area contributed by atoms with Crippen LogP contribution in [0.2, 0.25) is 0 Å². The van der Waals surface area contributed by atoms with Gasteiger partial charge in [0.25, 0.3) is 0 Å². The zero-order chi connectivity index (χ0) is 10.1. The lowest BCUT2D eigenvalue weighted by Crippen LogP contribution is -1.90. The lowest BCUT2D eigenvalue weighted by molar-refractivity contribution is 0.579. The van der Waals surface area contributed by atoms with Crippen molar-refractivity contribution in [1.29, 1.82) is 0 Å². The van der Waals surface area contributed by atoms with Crippen molar-refractivity contribution in [2.75, 3.05) is 5.73 Å². The smallest absolute Gasteiger partial charge is 0.148 e. The lowest BCUT2D eigenvalue weighted by atomic mass is 10.1. The van der Waals surface area contributed by atoms with Crippen molar-refractivity contribution in [3.63, 3.8) is 0 Å². The van der Waals surface area contributed by atoms with E-state index in [1.54, 1.807) is 12.1 Å². The molecule has 0 amide bonds. The van der Waals surface area contributed by atoms with E-state index in [-0.39, 0.29) is 5.69 Å². The zero-order valence-electron chi connectivity index (χ0n) is 7.13. The molecule has 0 saturated heterocycles. The standard InChI is InChI=1S/C10H7BrFNO/c11-7-3-4-14-10(7)6-1-2-9(13)8(12)5-6/h1-5H,13H2. The Kier molecular flexibility index (Phi) is 2.29. The first kappa shape index (κ1) is 9.27. The largest absolute Gasteiger partial charge is 0.463 e. The lowest BCUT2D eigenvalue weighted by Gasteiger charge is -2.00. The number of nitrogen functional groups attached to an aromatic ring is 1. The highest BCUT2D eigenvalue weighted by molar-refractivity contribution is 9.10. The maximum Gasteiger partial charge on any atom is 0.148 e. The molecule has 2 rings (SSSR count). The molecule has 0 radical (unpaired) electrons. The molecule has 4 heteroatoms. The average molecular weight is 256 g/mol. The molecule has 0 fully saturated rings. The van der Waals surface area contributed by atoms with Crippen LogP contribution in [0.25, 0.3) is 11.3 Å². The molecule has 1 aromatic heterocycles. The normalized spacial score (nSPS) is 10.4. The number of furan rings is 1. The van der Waals surface area contributed by atoms with Crippen LogP contribution in [0.1, 0.15) is 0 Å². The Labute approximate surface area is 88.7 Å². The highest BCUT2D eigenvalue weighted by Gasteiger charge is 2.08. The van der Waals surface area contributed by atoms with E-state index in [9.17, 15) is 4.39 Å². The van der Waals surface area contributed by atoms with Crippen LogP contribution in [0.5, 0.6) is 0 Å². The summed E-state index contributed by atoms with van der Waals surface area (Å²) < 4.78 is 19.1. The third-order valence-electron chi connectivity index (χ3n) is 1.88. The predicted octanol–water partition coefficient (Wildman–Crippen LogP) is 3.43. The Hall–Kier alpha value is -1.29. The van der Waals surface area contributed by atoms with Crippen molar-refractivity contribution in [2.24, 2.45) is 0 Å². The van der Waals surface area contributed by atoms with Crippen molar-refractivity contribution in [1.82, 2.24) is 0 Å². The van der Waals surface area contributed by atoms with Gasteiger partial charge in [0.15, 0.2) is 0 Å². The second kappa shape index (κ2) is 3.46. The Morgan fingerprint density at radius 2 is 2.07 bits per heavy atom. The maximum absolute atomic E-state index is 13.1. The van der Waals surface area contributed by atoms with E-state index in [4.69, 9.17) is 10.2 Å². The van der Waals surface area contributed by atoms with Gasteiger partial charge in [0, 0.05) is 5.56 Å². The van der Waals surface area contributed by atoms with Crippen LogP contribution >= 0.6 is 15.9 Å². The number of rotatable bonds is 1. The molecule has 0 spiro atoms. The van der Waals surface area contributed by atoms with E-state index in [1.807, 2.05) is 0 Å². The fraction of sp³-hybridized carbons (Fsp3) is 0. The summed E-state index contributed by atoms with van der Waals surface area (Å²) >= 11 is 3.30. The summed E-state index contributed by atoms with van der Waals surface area (Å²) in [6, 6.07) is 6.32. The molecule has 2 N–H and O–H groups in total. The van der Waals surface area contributed by atoms with E-state index < -0.39 is 5.82 Å². The van der Waals surface area contributed by atoms with Crippen LogP contribution in [-0.2, 0) is 0 Å². The summed E-state index contributed by atoms with van der Waals surface area (Å²) in [7, 11) is 0. The summed E-state index contributed by atoms with van der Waals surface area (Å²) in [6.45, 7) is 0. The SMILES string of the molecule is Nc1ccc(-c2occc2Br)cc1F. The molecule has 0 aliphatic heterocycles. The first-order valence-corrected chi connectivity index (χ1v) is 4.76. The minimum atomic E-state index is -0.439. The maximum atomic E-state index is 13.1. The van der Waals surface area contributed by atoms with E-state index >= 15 is 0 Å². The number of nitrogens with two attached hydrogens (primary N) is 1. The van der Waals surface area contributed by atoms with Gasteiger partial charge in [-0.1, -0.05) is 0 Å². The van der Waals surface area contributed by atoms with Crippen molar-refractivity contribution in [3.8, 4) is 11.3 Å². The molecule has 2 nitrogen and oxygen atoms in total. The van der Waals surface area contributed by atoms with Crippen LogP contribution in [0.3, 0.4) is 0 Å². The van der Waals surface area contributed by atoms with Crippen LogP contribution in [-0.4, -0.2) is 0 Å². The van der Waals surface area contributed by atoms with Gasteiger partial charge in [-0.25, -0.2) is 4.39 Å². The number of hydrogen-bond acceptors (Lipinski definition) is 2. The van der Waals surface area contributed by atoms with Crippen LogP contribution in [0.4, 0.5) is 10.1 Å². The van der Waals surface area contributed by atoms with Crippen LogP contribution in [0.15, 0.2) is 39.4 Å². The Morgan fingerprint density at radius 3 is 2.64 bits per heavy atom. The van der Waals surface area contributed by atoms with Crippen molar-refractivity contribution < 1.29 is 8.81 Å². The minimum Gasteiger partial charge on any atom is -0.463 e. The van der Waals surface area contributed by atoms with Crippen molar-refractivity contribution in [2.45, 2.75) is 0 Å². The molecule has 0 bridgehead atoms. The molecule has 2 aromatic rings. The van der Waals surface area contributed by atoms with Gasteiger partial charge < -0.3 is 10.2 Å². The summed E-state index contributed by atoms with van der Waals surface area (Å²) in [4.78, 5) is 0. The van der Waals surface area contributed by atoms with E-state index in [0.717, 1.165) is 4.47 Å². The molecule has 0 unspecified atom stereocenters. The van der Waals surface area contributed by atoms with Crippen molar-refractivity contribution >= 4 is 21.6 Å². The number of anilines is 1. The monoisotopic (exact) mass is 255 g/mol. The molecule has 0 saturated carbocycles. The Bertz CT molecular complexity index is 467. The van der Waals surface area contributed by atoms with E-state index in [2.05, 4.69) is 15.9 Å². The molecular weight excluding hydrogens is 249 g/mol. The van der Waals surface area contributed by atoms with Gasteiger partial charge in [0.2, 0.25) is 0 Å². The Morgan fingerprint density at radius 1 is 1.29 bits per heavy atom. The molecule has 1 heterocycles. The van der Waals surface area contributed by atoms with Crippen LogP contribution < -0.4 is 5.73 Å². The quantitative estimate of drug-likeness (QED) is 0.794. The molecule has 1 aromatic carbocycles. The topological polar surface area (TPSA) is 39.2 Å². The minimum absolute atomic E-state index is 0.136. The molecule has 14 heavy (non-hydrogen) atoms. The van der Waals surface area contributed by atoms with Gasteiger partial charge in [-0.2, -0.15) is 0 Å². The second-order valence-corrected chi connectivity index (χ2v) is 3.69. The first-order chi connectivity index (χ1) is 6.68. The van der Waals surface area contributed by atoms with Gasteiger partial charge in [0.05, 0.1) is 16.4 Å². The molecular formula is C10H7BrFNO. The fourth-order valence-corrected chi connectivity index (χ4v) is 1.60. The summed E-state index contributed by atoms with van der Waals surface area (Å²) in [5, 5.41) is 0. The summed E-state index contributed by atoms with van der Waals surface area (Å²) in [6.07, 6.45) is 1.54. The van der Waals surface area contributed by atoms with Gasteiger partial charge in [0.1, 0.15) is 11.6 Å². The highest BCUT2D eigenvalue weighted by Crippen LogP contribution is 2.30. The van der Waals surface area contributed by atoms with E-state index in [1.165, 1.54) is 18.4 Å². The van der Waals surface area contributed by atoms with Crippen molar-refractivity contribution in [3.05, 3.63) is 40.8 Å². The Balaban J connectivity index is 2.53. The third kappa shape index (κ3) is 1.53. The second-order valence-electron chi connectivity index (χ2n) is 2.83. The van der Waals surface area contributed by atoms with E-state index in [0.29, 0.717) is 11.3 Å². The van der Waals surface area contributed by atoms with Gasteiger partial charge in [-0.15, -0.1) is 0 Å². The zero-order valence-corrected chi connectivity index (χ0v) is 8.71. The van der Waals surface area contributed by atoms with Gasteiger partial charge in [-0.05, 0) is 40.2 Å². The average Bonchev–Trinajstić information content (AvgIpc) is 2.57. The molecule has 72 valence electrons. The van der Waals surface area contributed by atoms with Crippen LogP contribution in [0, 0.1) is 5.82 Å². The number of hydrogen-bond donors (Lipinski definition) is 1. The number of halogens is 2. The predicted molar refractivity (Wildman–Crippen MR) is 56.2 cm³/mol. The first-order valence-electron chi connectivity index (χ1n) is 3.97. The number of benzene rings is 1. The fourth-order valence-electron chi connectivity index (χ4n) is 1.17. The molecule has 0 aliphatic carbocycles. The molecule has 0 aliphatic rings. The third-order valence-corrected chi connectivity index (χ3v) is 2.50. The highest BCUT2D eigenvalue weighted by atomic mass is 79.9. The van der Waals surface area contributed by atoms with Gasteiger partial charge in [-0.3, -0.25) is 0 Å².